The van der Waals surface area contributed by atoms with E-state index in [2.05, 4.69) is 5.32 Å². The van der Waals surface area contributed by atoms with Crippen LogP contribution >= 0.6 is 24.2 Å². The summed E-state index contributed by atoms with van der Waals surface area (Å²) in [6.07, 6.45) is 5.20. The Morgan fingerprint density at radius 3 is 2.95 bits per heavy atom. The molecule has 0 saturated heterocycles. The molecule has 0 bridgehead atoms. The van der Waals surface area contributed by atoms with Crippen LogP contribution in [0, 0.1) is 11.8 Å². The van der Waals surface area contributed by atoms with Gasteiger partial charge in [-0.2, -0.15) is 0 Å². The Bertz CT molecular complexity index is 428. The molecular weight excluding hydrogens is 280 g/mol. The molecule has 5 heteroatoms. The van der Waals surface area contributed by atoms with Gasteiger partial charge in [-0.05, 0) is 49.8 Å². The van der Waals surface area contributed by atoms with Crippen LogP contribution in [0.25, 0.3) is 0 Å². The molecule has 106 valence electrons. The number of thioether (sulfide) groups is 1. The van der Waals surface area contributed by atoms with Crippen molar-refractivity contribution in [1.29, 1.82) is 0 Å². The molecule has 1 aromatic rings. The zero-order valence-electron chi connectivity index (χ0n) is 11.1. The number of nitrogens with two attached hydrogens (primary N) is 1. The zero-order valence-corrected chi connectivity index (χ0v) is 12.7. The van der Waals surface area contributed by atoms with E-state index in [1.54, 1.807) is 11.8 Å². The maximum absolute atomic E-state index is 12.2. The zero-order chi connectivity index (χ0) is 13.0. The van der Waals surface area contributed by atoms with Crippen molar-refractivity contribution in [2.45, 2.75) is 24.2 Å². The molecule has 2 atom stereocenters. The van der Waals surface area contributed by atoms with E-state index >= 15 is 0 Å². The second-order valence-corrected chi connectivity index (χ2v) is 5.63. The smallest absolute Gasteiger partial charge is 0.227 e. The van der Waals surface area contributed by atoms with Gasteiger partial charge < -0.3 is 11.1 Å². The van der Waals surface area contributed by atoms with Gasteiger partial charge in [0.2, 0.25) is 5.91 Å². The average molecular weight is 301 g/mol. The Kier molecular flexibility index (Phi) is 6.69. The third-order valence-electron chi connectivity index (χ3n) is 3.64. The Hall–Kier alpha value is -0.710. The first-order valence-electron chi connectivity index (χ1n) is 6.39. The number of halogens is 1. The highest BCUT2D eigenvalue weighted by atomic mass is 35.5. The van der Waals surface area contributed by atoms with E-state index in [1.807, 2.05) is 30.5 Å². The van der Waals surface area contributed by atoms with Crippen LogP contribution in [0.3, 0.4) is 0 Å². The highest BCUT2D eigenvalue weighted by molar-refractivity contribution is 7.98. The van der Waals surface area contributed by atoms with Crippen LogP contribution in [-0.2, 0) is 4.79 Å². The van der Waals surface area contributed by atoms with E-state index in [9.17, 15) is 4.79 Å². The van der Waals surface area contributed by atoms with E-state index in [0.29, 0.717) is 12.5 Å². The normalized spacial score (nSPS) is 21.8. The van der Waals surface area contributed by atoms with Gasteiger partial charge in [-0.3, -0.25) is 4.79 Å². The quantitative estimate of drug-likeness (QED) is 0.840. The molecule has 0 unspecified atom stereocenters. The van der Waals surface area contributed by atoms with Gasteiger partial charge in [0, 0.05) is 16.5 Å². The van der Waals surface area contributed by atoms with Crippen LogP contribution in [0.2, 0.25) is 0 Å². The maximum Gasteiger partial charge on any atom is 0.227 e. The molecule has 0 heterocycles. The molecule has 3 nitrogen and oxygen atoms in total. The second kappa shape index (κ2) is 7.78. The molecule has 0 radical (unpaired) electrons. The predicted octanol–water partition coefficient (Wildman–Crippen LogP) is 3.14. The molecule has 1 aliphatic carbocycles. The predicted molar refractivity (Wildman–Crippen MR) is 84.0 cm³/mol. The van der Waals surface area contributed by atoms with Gasteiger partial charge in [0.15, 0.2) is 0 Å². The largest absolute Gasteiger partial charge is 0.330 e. The van der Waals surface area contributed by atoms with Crippen LogP contribution in [0.15, 0.2) is 29.2 Å². The lowest BCUT2D eigenvalue weighted by Gasteiger charge is -2.17. The first-order chi connectivity index (χ1) is 8.74. The van der Waals surface area contributed by atoms with Gasteiger partial charge in [0.05, 0.1) is 0 Å². The minimum Gasteiger partial charge on any atom is -0.330 e. The highest BCUT2D eigenvalue weighted by Crippen LogP contribution is 2.32. The Labute approximate surface area is 125 Å². The number of nitrogens with one attached hydrogen (secondary N) is 1. The number of amides is 1. The van der Waals surface area contributed by atoms with E-state index in [0.717, 1.165) is 29.8 Å². The summed E-state index contributed by atoms with van der Waals surface area (Å²) in [7, 11) is 0. The molecule has 1 fully saturated rings. The van der Waals surface area contributed by atoms with Crippen LogP contribution in [0.4, 0.5) is 5.69 Å². The molecule has 0 aromatic heterocycles. The number of rotatable bonds is 4. The molecule has 19 heavy (non-hydrogen) atoms. The first-order valence-corrected chi connectivity index (χ1v) is 7.62. The van der Waals surface area contributed by atoms with Gasteiger partial charge in [0.1, 0.15) is 0 Å². The van der Waals surface area contributed by atoms with Gasteiger partial charge in [-0.15, -0.1) is 24.2 Å². The lowest BCUT2D eigenvalue weighted by Crippen LogP contribution is -2.29. The van der Waals surface area contributed by atoms with Crippen molar-refractivity contribution in [3.05, 3.63) is 24.3 Å². The van der Waals surface area contributed by atoms with Gasteiger partial charge in [-0.25, -0.2) is 0 Å². The Morgan fingerprint density at radius 1 is 1.47 bits per heavy atom. The van der Waals surface area contributed by atoms with Crippen molar-refractivity contribution in [3.63, 3.8) is 0 Å². The van der Waals surface area contributed by atoms with Crippen molar-refractivity contribution in [2.75, 3.05) is 18.1 Å². The third-order valence-corrected chi connectivity index (χ3v) is 4.36. The number of carbonyl (C=O) groups excluding carboxylic acids is 1. The van der Waals surface area contributed by atoms with Crippen LogP contribution < -0.4 is 11.1 Å². The summed E-state index contributed by atoms with van der Waals surface area (Å²) in [6, 6.07) is 7.95. The molecular formula is C14H21ClN2OS. The SMILES string of the molecule is CSc1cccc(NC(=O)[C@@H]2CCC[C@@H]2CN)c1.Cl. The van der Waals surface area contributed by atoms with Crippen molar-refractivity contribution in [1.82, 2.24) is 0 Å². The fraction of sp³-hybridized carbons (Fsp3) is 0.500. The standard InChI is InChI=1S/C14H20N2OS.ClH/c1-18-12-6-3-5-11(8-12)16-14(17)13-7-2-4-10(13)9-15;/h3,5-6,8,10,13H,2,4,7,9,15H2,1H3,(H,16,17);1H/t10-,13-;/m1./s1. The second-order valence-electron chi connectivity index (χ2n) is 4.75. The number of carbonyl (C=O) groups is 1. The highest BCUT2D eigenvalue weighted by Gasteiger charge is 2.31. The molecule has 1 aromatic carbocycles. The number of hydrogen-bond donors (Lipinski definition) is 2. The van der Waals surface area contributed by atoms with E-state index in [-0.39, 0.29) is 24.2 Å². The topological polar surface area (TPSA) is 55.1 Å². The molecule has 1 aliphatic rings. The minimum atomic E-state index is 0. The summed E-state index contributed by atoms with van der Waals surface area (Å²) >= 11 is 1.68. The first kappa shape index (κ1) is 16.3. The summed E-state index contributed by atoms with van der Waals surface area (Å²) in [5.41, 5.74) is 6.60. The minimum absolute atomic E-state index is 0. The summed E-state index contributed by atoms with van der Waals surface area (Å²) in [6.45, 7) is 0.614. The number of anilines is 1. The summed E-state index contributed by atoms with van der Waals surface area (Å²) < 4.78 is 0. The van der Waals surface area contributed by atoms with Gasteiger partial charge in [0.25, 0.3) is 0 Å². The lowest BCUT2D eigenvalue weighted by molar-refractivity contribution is -0.120. The Balaban J connectivity index is 0.00000180. The monoisotopic (exact) mass is 300 g/mol. The van der Waals surface area contributed by atoms with Crippen LogP contribution in [-0.4, -0.2) is 18.7 Å². The van der Waals surface area contributed by atoms with Crippen molar-refractivity contribution >= 4 is 35.8 Å². The van der Waals surface area contributed by atoms with Crippen LogP contribution in [0.1, 0.15) is 19.3 Å². The maximum atomic E-state index is 12.2. The fourth-order valence-corrected chi connectivity index (χ4v) is 3.06. The third kappa shape index (κ3) is 4.13. The summed E-state index contributed by atoms with van der Waals surface area (Å²) in [5, 5.41) is 3.02. The fourth-order valence-electron chi connectivity index (χ4n) is 2.60. The van der Waals surface area contributed by atoms with Gasteiger partial charge in [-0.1, -0.05) is 12.5 Å². The number of hydrogen-bond acceptors (Lipinski definition) is 3. The lowest BCUT2D eigenvalue weighted by atomic mass is 9.95. The molecule has 3 N–H and O–H groups in total. The van der Waals surface area contributed by atoms with Crippen molar-refractivity contribution < 1.29 is 4.79 Å². The number of benzene rings is 1. The summed E-state index contributed by atoms with van der Waals surface area (Å²) in [4.78, 5) is 13.4. The molecule has 0 aliphatic heterocycles. The average Bonchev–Trinajstić information content (AvgIpc) is 2.87. The van der Waals surface area contributed by atoms with Crippen LogP contribution in [0.5, 0.6) is 0 Å². The van der Waals surface area contributed by atoms with E-state index in [1.165, 1.54) is 0 Å². The molecule has 1 amide bonds. The van der Waals surface area contributed by atoms with Crippen molar-refractivity contribution in [2.24, 2.45) is 17.6 Å². The van der Waals surface area contributed by atoms with E-state index < -0.39 is 0 Å². The summed E-state index contributed by atoms with van der Waals surface area (Å²) in [5.74, 6) is 0.572. The molecule has 2 rings (SSSR count). The van der Waals surface area contributed by atoms with Gasteiger partial charge >= 0.3 is 0 Å². The van der Waals surface area contributed by atoms with E-state index in [4.69, 9.17) is 5.73 Å². The van der Waals surface area contributed by atoms with Crippen molar-refractivity contribution in [3.8, 4) is 0 Å². The molecule has 1 saturated carbocycles. The molecule has 0 spiro atoms. The Morgan fingerprint density at radius 2 is 2.26 bits per heavy atom.